The summed E-state index contributed by atoms with van der Waals surface area (Å²) in [6, 6.07) is 7.43. The first-order valence-corrected chi connectivity index (χ1v) is 6.45. The van der Waals surface area contributed by atoms with E-state index < -0.39 is 6.10 Å². The van der Waals surface area contributed by atoms with E-state index in [-0.39, 0.29) is 0 Å². The zero-order chi connectivity index (χ0) is 14.5. The molecule has 1 atom stereocenters. The van der Waals surface area contributed by atoms with Gasteiger partial charge in [-0.15, -0.1) is 0 Å². The van der Waals surface area contributed by atoms with Gasteiger partial charge in [-0.25, -0.2) is 0 Å². The molecule has 0 saturated heterocycles. The second kappa shape index (κ2) is 6.54. The standard InChI is InChI=1S/C15H19NO4/c1-10-6-12(11(2)17)4-5-15(10)19-8-13-7-14(9-18-3)20-16-13/h4-7,11,17H,8-9H2,1-3H3/t11-/m0/s1. The van der Waals surface area contributed by atoms with Crippen LogP contribution in [-0.2, 0) is 18.0 Å². The molecular formula is C15H19NO4. The van der Waals surface area contributed by atoms with Gasteiger partial charge in [0.1, 0.15) is 24.7 Å². The third-order valence-corrected chi connectivity index (χ3v) is 2.95. The van der Waals surface area contributed by atoms with Crippen molar-refractivity contribution in [3.63, 3.8) is 0 Å². The Kier molecular flexibility index (Phi) is 4.76. The molecular weight excluding hydrogens is 258 g/mol. The molecule has 0 amide bonds. The first kappa shape index (κ1) is 14.6. The van der Waals surface area contributed by atoms with Crippen LogP contribution >= 0.6 is 0 Å². The number of aromatic nitrogens is 1. The monoisotopic (exact) mass is 277 g/mol. The number of ether oxygens (including phenoxy) is 2. The molecule has 20 heavy (non-hydrogen) atoms. The lowest BCUT2D eigenvalue weighted by Crippen LogP contribution is -1.99. The highest BCUT2D eigenvalue weighted by Crippen LogP contribution is 2.23. The van der Waals surface area contributed by atoms with Gasteiger partial charge in [-0.2, -0.15) is 0 Å². The van der Waals surface area contributed by atoms with Crippen LogP contribution in [0.15, 0.2) is 28.8 Å². The summed E-state index contributed by atoms with van der Waals surface area (Å²) in [5.41, 5.74) is 2.57. The molecule has 2 rings (SSSR count). The minimum absolute atomic E-state index is 0.335. The Balaban J connectivity index is 1.99. The van der Waals surface area contributed by atoms with Crippen molar-refractivity contribution in [3.05, 3.63) is 46.8 Å². The molecule has 0 unspecified atom stereocenters. The van der Waals surface area contributed by atoms with E-state index in [9.17, 15) is 5.11 Å². The summed E-state index contributed by atoms with van der Waals surface area (Å²) in [5, 5.41) is 13.4. The summed E-state index contributed by atoms with van der Waals surface area (Å²) in [6.45, 7) is 4.42. The van der Waals surface area contributed by atoms with Crippen LogP contribution in [0.3, 0.4) is 0 Å². The molecule has 0 aliphatic heterocycles. The molecule has 0 fully saturated rings. The number of aryl methyl sites for hydroxylation is 1. The van der Waals surface area contributed by atoms with Crippen LogP contribution in [0, 0.1) is 6.92 Å². The van der Waals surface area contributed by atoms with Crippen LogP contribution in [0.2, 0.25) is 0 Å². The molecule has 0 radical (unpaired) electrons. The average Bonchev–Trinajstić information content (AvgIpc) is 2.85. The van der Waals surface area contributed by atoms with Crippen molar-refractivity contribution in [2.75, 3.05) is 7.11 Å². The summed E-state index contributed by atoms with van der Waals surface area (Å²) in [4.78, 5) is 0. The summed E-state index contributed by atoms with van der Waals surface area (Å²) < 4.78 is 15.8. The van der Waals surface area contributed by atoms with E-state index in [4.69, 9.17) is 14.0 Å². The van der Waals surface area contributed by atoms with Gasteiger partial charge < -0.3 is 19.1 Å². The Morgan fingerprint density at radius 2 is 2.10 bits per heavy atom. The van der Waals surface area contributed by atoms with Gasteiger partial charge in [-0.1, -0.05) is 11.2 Å². The lowest BCUT2D eigenvalue weighted by Gasteiger charge is -2.10. The van der Waals surface area contributed by atoms with Gasteiger partial charge in [0.2, 0.25) is 0 Å². The molecule has 1 heterocycles. The number of hydrogen-bond acceptors (Lipinski definition) is 5. The fourth-order valence-corrected chi connectivity index (χ4v) is 1.88. The van der Waals surface area contributed by atoms with Crippen LogP contribution in [-0.4, -0.2) is 17.4 Å². The third-order valence-electron chi connectivity index (χ3n) is 2.95. The van der Waals surface area contributed by atoms with E-state index >= 15 is 0 Å². The van der Waals surface area contributed by atoms with Crippen molar-refractivity contribution in [2.24, 2.45) is 0 Å². The first-order valence-electron chi connectivity index (χ1n) is 6.45. The van der Waals surface area contributed by atoms with Gasteiger partial charge in [0.15, 0.2) is 5.76 Å². The number of benzene rings is 1. The highest BCUT2D eigenvalue weighted by molar-refractivity contribution is 5.37. The summed E-state index contributed by atoms with van der Waals surface area (Å²) >= 11 is 0. The van der Waals surface area contributed by atoms with Crippen LogP contribution in [0.4, 0.5) is 0 Å². The third kappa shape index (κ3) is 3.59. The van der Waals surface area contributed by atoms with Gasteiger partial charge in [0.05, 0.1) is 6.10 Å². The van der Waals surface area contributed by atoms with Crippen molar-refractivity contribution in [2.45, 2.75) is 33.2 Å². The SMILES string of the molecule is COCc1cc(COc2ccc([C@H](C)O)cc2C)no1. The fourth-order valence-electron chi connectivity index (χ4n) is 1.88. The van der Waals surface area contributed by atoms with Gasteiger partial charge in [-0.05, 0) is 37.1 Å². The minimum atomic E-state index is -0.477. The molecule has 0 saturated carbocycles. The minimum Gasteiger partial charge on any atom is -0.487 e. The Labute approximate surface area is 118 Å². The molecule has 0 spiro atoms. The fraction of sp³-hybridized carbons (Fsp3) is 0.400. The predicted octanol–water partition coefficient (Wildman–Crippen LogP) is 2.76. The molecule has 5 nitrogen and oxygen atoms in total. The molecule has 1 aromatic carbocycles. The van der Waals surface area contributed by atoms with Crippen molar-refractivity contribution >= 4 is 0 Å². The number of rotatable bonds is 6. The molecule has 1 N–H and O–H groups in total. The van der Waals surface area contributed by atoms with Crippen molar-refractivity contribution in [1.82, 2.24) is 5.16 Å². The molecule has 1 aromatic heterocycles. The number of aliphatic hydroxyl groups excluding tert-OH is 1. The molecule has 5 heteroatoms. The maximum atomic E-state index is 9.53. The Bertz CT molecular complexity index is 563. The highest BCUT2D eigenvalue weighted by Gasteiger charge is 2.08. The van der Waals surface area contributed by atoms with Gasteiger partial charge in [-0.3, -0.25) is 0 Å². The van der Waals surface area contributed by atoms with E-state index in [0.717, 1.165) is 22.6 Å². The Hall–Kier alpha value is -1.85. The second-order valence-corrected chi connectivity index (χ2v) is 4.71. The van der Waals surface area contributed by atoms with Crippen molar-refractivity contribution < 1.29 is 19.1 Å². The quantitative estimate of drug-likeness (QED) is 0.879. The first-order chi connectivity index (χ1) is 9.60. The molecule has 0 aliphatic carbocycles. The van der Waals surface area contributed by atoms with E-state index in [2.05, 4.69) is 5.16 Å². The average molecular weight is 277 g/mol. The van der Waals surface area contributed by atoms with E-state index in [0.29, 0.717) is 19.0 Å². The van der Waals surface area contributed by atoms with E-state index in [1.165, 1.54) is 0 Å². The van der Waals surface area contributed by atoms with E-state index in [1.54, 1.807) is 14.0 Å². The normalized spacial score (nSPS) is 12.4. The van der Waals surface area contributed by atoms with Crippen LogP contribution in [0.25, 0.3) is 0 Å². The number of aliphatic hydroxyl groups is 1. The maximum Gasteiger partial charge on any atom is 0.162 e. The zero-order valence-electron chi connectivity index (χ0n) is 11.9. The van der Waals surface area contributed by atoms with Gasteiger partial charge in [0.25, 0.3) is 0 Å². The van der Waals surface area contributed by atoms with Crippen molar-refractivity contribution in [3.8, 4) is 5.75 Å². The number of nitrogens with zero attached hydrogens (tertiary/aromatic N) is 1. The molecule has 108 valence electrons. The topological polar surface area (TPSA) is 64.7 Å². The van der Waals surface area contributed by atoms with Gasteiger partial charge >= 0.3 is 0 Å². The smallest absolute Gasteiger partial charge is 0.162 e. The second-order valence-electron chi connectivity index (χ2n) is 4.71. The molecule has 0 bridgehead atoms. The Morgan fingerprint density at radius 1 is 1.30 bits per heavy atom. The summed E-state index contributed by atoms with van der Waals surface area (Å²) in [6.07, 6.45) is -0.477. The van der Waals surface area contributed by atoms with Crippen LogP contribution < -0.4 is 4.74 Å². The maximum absolute atomic E-state index is 9.53. The lowest BCUT2D eigenvalue weighted by molar-refractivity contribution is 0.155. The van der Waals surface area contributed by atoms with Crippen LogP contribution in [0.1, 0.15) is 35.6 Å². The number of hydrogen-bond donors (Lipinski definition) is 1. The van der Waals surface area contributed by atoms with Crippen LogP contribution in [0.5, 0.6) is 5.75 Å². The summed E-state index contributed by atoms with van der Waals surface area (Å²) in [7, 11) is 1.60. The van der Waals surface area contributed by atoms with E-state index in [1.807, 2.05) is 31.2 Å². The predicted molar refractivity (Wildman–Crippen MR) is 73.4 cm³/mol. The number of methoxy groups -OCH3 is 1. The van der Waals surface area contributed by atoms with Gasteiger partial charge in [0, 0.05) is 13.2 Å². The van der Waals surface area contributed by atoms with Crippen molar-refractivity contribution in [1.29, 1.82) is 0 Å². The zero-order valence-corrected chi connectivity index (χ0v) is 11.9. The molecule has 2 aromatic rings. The summed E-state index contributed by atoms with van der Waals surface area (Å²) in [5.74, 6) is 1.44. The lowest BCUT2D eigenvalue weighted by atomic mass is 10.1. The Morgan fingerprint density at radius 3 is 2.75 bits per heavy atom. The largest absolute Gasteiger partial charge is 0.487 e. The highest BCUT2D eigenvalue weighted by atomic mass is 16.5. The molecule has 0 aliphatic rings.